The largest absolute Gasteiger partial charge is 0.289 e. The smallest absolute Gasteiger partial charge is 0.261 e. The third kappa shape index (κ3) is 3.18. The number of nitrogens with zero attached hydrogens (tertiary/aromatic N) is 4. The van der Waals surface area contributed by atoms with Gasteiger partial charge in [0.25, 0.3) is 11.8 Å². The van der Waals surface area contributed by atoms with Crippen LogP contribution in [0, 0.1) is 5.82 Å². The van der Waals surface area contributed by atoms with E-state index in [4.69, 9.17) is 0 Å². The number of aromatic nitrogens is 3. The number of carbonyl (C=O) groups is 3. The number of hydrogen-bond acceptors (Lipinski definition) is 5. The summed E-state index contributed by atoms with van der Waals surface area (Å²) < 4.78 is 15.5. The number of carbonyl (C=O) groups excluding carboxylic acids is 3. The number of amides is 2. The topological polar surface area (TPSA) is 85.2 Å². The minimum atomic E-state index is -0.567. The van der Waals surface area contributed by atoms with Crippen molar-refractivity contribution >= 4 is 17.6 Å². The van der Waals surface area contributed by atoms with E-state index in [2.05, 4.69) is 10.2 Å². The first kappa shape index (κ1) is 19.5. The first-order valence-electron chi connectivity index (χ1n) is 9.78. The van der Waals surface area contributed by atoms with Gasteiger partial charge in [0.05, 0.1) is 23.4 Å². The molecule has 1 aliphatic rings. The number of imide groups is 1. The van der Waals surface area contributed by atoms with Gasteiger partial charge in [-0.25, -0.2) is 4.39 Å². The molecule has 7 nitrogen and oxygen atoms in total. The molecular weight excluding hydrogens is 411 g/mol. The van der Waals surface area contributed by atoms with Gasteiger partial charge in [0.2, 0.25) is 0 Å². The van der Waals surface area contributed by atoms with Gasteiger partial charge in [0.1, 0.15) is 12.1 Å². The molecule has 0 N–H and O–H groups in total. The maximum absolute atomic E-state index is 14.1. The molecule has 2 heterocycles. The van der Waals surface area contributed by atoms with E-state index in [1.165, 1.54) is 23.0 Å². The van der Waals surface area contributed by atoms with Crippen molar-refractivity contribution in [3.63, 3.8) is 0 Å². The first-order chi connectivity index (χ1) is 15.5. The summed E-state index contributed by atoms with van der Waals surface area (Å²) in [5.41, 5.74) is 1.50. The molecule has 4 aromatic rings. The second kappa shape index (κ2) is 7.66. The highest BCUT2D eigenvalue weighted by Gasteiger charge is 2.36. The van der Waals surface area contributed by atoms with Crippen molar-refractivity contribution in [3.8, 4) is 5.69 Å². The van der Waals surface area contributed by atoms with Crippen LogP contribution in [0.5, 0.6) is 0 Å². The molecule has 2 amide bonds. The molecule has 0 spiro atoms. The lowest BCUT2D eigenvalue weighted by Crippen LogP contribution is -2.30. The van der Waals surface area contributed by atoms with E-state index < -0.39 is 17.6 Å². The Balaban J connectivity index is 1.53. The van der Waals surface area contributed by atoms with Crippen molar-refractivity contribution < 1.29 is 18.8 Å². The fourth-order valence-electron chi connectivity index (χ4n) is 3.74. The van der Waals surface area contributed by atoms with E-state index >= 15 is 0 Å². The number of benzene rings is 3. The molecule has 156 valence electrons. The Morgan fingerprint density at radius 3 is 2.22 bits per heavy atom. The highest BCUT2D eigenvalue weighted by Crippen LogP contribution is 2.26. The zero-order valence-corrected chi connectivity index (χ0v) is 16.6. The van der Waals surface area contributed by atoms with Gasteiger partial charge in [-0.05, 0) is 30.3 Å². The van der Waals surface area contributed by atoms with Crippen molar-refractivity contribution in [1.29, 1.82) is 0 Å². The lowest BCUT2D eigenvalue weighted by molar-refractivity contribution is 0.0637. The second-order valence-electron chi connectivity index (χ2n) is 7.22. The van der Waals surface area contributed by atoms with Crippen LogP contribution in [0.15, 0.2) is 79.1 Å². The highest BCUT2D eigenvalue weighted by molar-refractivity contribution is 6.21. The maximum Gasteiger partial charge on any atom is 0.261 e. The molecule has 8 heteroatoms. The minimum absolute atomic E-state index is 0.111. The predicted molar refractivity (Wildman–Crippen MR) is 112 cm³/mol. The molecule has 1 aliphatic heterocycles. The number of hydrogen-bond donors (Lipinski definition) is 0. The van der Waals surface area contributed by atoms with E-state index in [-0.39, 0.29) is 23.7 Å². The standard InChI is InChI=1S/C24H15FN4O3/c25-16-10-11-20(19(12-16)22(30)15-6-2-1-3-7-15)29-14-26-27-21(29)13-28-23(31)17-8-4-5-9-18(17)24(28)32/h1-12,14H,13H2. The molecular formula is C24H15FN4O3. The third-order valence-corrected chi connectivity index (χ3v) is 5.29. The summed E-state index contributed by atoms with van der Waals surface area (Å²) in [4.78, 5) is 39.6. The molecule has 0 atom stereocenters. The molecule has 5 rings (SSSR count). The molecule has 0 fully saturated rings. The van der Waals surface area contributed by atoms with Crippen LogP contribution in [0.25, 0.3) is 5.69 Å². The Labute approximate surface area is 181 Å². The average molecular weight is 426 g/mol. The van der Waals surface area contributed by atoms with Crippen molar-refractivity contribution in [3.05, 3.63) is 113 Å². The fourth-order valence-corrected chi connectivity index (χ4v) is 3.74. The van der Waals surface area contributed by atoms with Crippen LogP contribution in [0.2, 0.25) is 0 Å². The van der Waals surface area contributed by atoms with Gasteiger partial charge in [0.15, 0.2) is 11.6 Å². The summed E-state index contributed by atoms with van der Waals surface area (Å²) in [5.74, 6) is -1.55. The minimum Gasteiger partial charge on any atom is -0.289 e. The summed E-state index contributed by atoms with van der Waals surface area (Å²) in [6.45, 7) is -0.150. The molecule has 0 unspecified atom stereocenters. The Hall–Kier alpha value is -4.46. The lowest BCUT2D eigenvalue weighted by atomic mass is 10.0. The Morgan fingerprint density at radius 1 is 0.875 bits per heavy atom. The van der Waals surface area contributed by atoms with E-state index in [0.29, 0.717) is 22.4 Å². The van der Waals surface area contributed by atoms with Crippen LogP contribution >= 0.6 is 0 Å². The predicted octanol–water partition coefficient (Wildman–Crippen LogP) is 3.43. The van der Waals surface area contributed by atoms with Crippen LogP contribution < -0.4 is 0 Å². The van der Waals surface area contributed by atoms with Crippen molar-refractivity contribution in [2.45, 2.75) is 6.54 Å². The fraction of sp³-hybridized carbons (Fsp3) is 0.0417. The quantitative estimate of drug-likeness (QED) is 0.361. The van der Waals surface area contributed by atoms with Crippen LogP contribution in [-0.4, -0.2) is 37.3 Å². The average Bonchev–Trinajstić information content (AvgIpc) is 3.38. The number of ketones is 1. The molecule has 0 saturated heterocycles. The number of fused-ring (bicyclic) bond motifs is 1. The number of rotatable bonds is 5. The van der Waals surface area contributed by atoms with E-state index in [1.807, 2.05) is 0 Å². The summed E-state index contributed by atoms with van der Waals surface area (Å²) in [6.07, 6.45) is 1.36. The Bertz CT molecular complexity index is 1350. The number of halogens is 1. The van der Waals surface area contributed by atoms with Crippen LogP contribution in [0.1, 0.15) is 42.5 Å². The van der Waals surface area contributed by atoms with Gasteiger partial charge in [-0.2, -0.15) is 0 Å². The van der Waals surface area contributed by atoms with Gasteiger partial charge in [-0.3, -0.25) is 23.9 Å². The second-order valence-corrected chi connectivity index (χ2v) is 7.22. The summed E-state index contributed by atoms with van der Waals surface area (Å²) in [6, 6.07) is 18.9. The molecule has 0 saturated carbocycles. The van der Waals surface area contributed by atoms with E-state index in [9.17, 15) is 18.8 Å². The zero-order valence-electron chi connectivity index (χ0n) is 16.6. The zero-order chi connectivity index (χ0) is 22.2. The van der Waals surface area contributed by atoms with Crippen molar-refractivity contribution in [1.82, 2.24) is 19.7 Å². The Morgan fingerprint density at radius 2 is 1.53 bits per heavy atom. The van der Waals surface area contributed by atoms with Gasteiger partial charge in [-0.15, -0.1) is 10.2 Å². The normalized spacial score (nSPS) is 12.8. The maximum atomic E-state index is 14.1. The van der Waals surface area contributed by atoms with Crippen LogP contribution in [0.3, 0.4) is 0 Å². The Kier molecular flexibility index (Phi) is 4.67. The SMILES string of the molecule is O=C(c1ccccc1)c1cc(F)ccc1-n1cnnc1CN1C(=O)c2ccccc2C1=O. The molecule has 0 aliphatic carbocycles. The highest BCUT2D eigenvalue weighted by atomic mass is 19.1. The van der Waals surface area contributed by atoms with Crippen LogP contribution in [-0.2, 0) is 6.54 Å². The third-order valence-electron chi connectivity index (χ3n) is 5.29. The summed E-state index contributed by atoms with van der Waals surface area (Å²) >= 11 is 0. The summed E-state index contributed by atoms with van der Waals surface area (Å²) in [7, 11) is 0. The lowest BCUT2D eigenvalue weighted by Gasteiger charge is -2.16. The van der Waals surface area contributed by atoms with Crippen molar-refractivity contribution in [2.24, 2.45) is 0 Å². The molecule has 0 radical (unpaired) electrons. The van der Waals surface area contributed by atoms with Crippen molar-refractivity contribution in [2.75, 3.05) is 0 Å². The molecule has 3 aromatic carbocycles. The first-order valence-corrected chi connectivity index (χ1v) is 9.78. The van der Waals surface area contributed by atoms with Gasteiger partial charge in [-0.1, -0.05) is 42.5 Å². The summed E-state index contributed by atoms with van der Waals surface area (Å²) in [5, 5.41) is 7.94. The van der Waals surface area contributed by atoms with E-state index in [0.717, 1.165) is 11.0 Å². The van der Waals surface area contributed by atoms with Gasteiger partial charge >= 0.3 is 0 Å². The molecule has 32 heavy (non-hydrogen) atoms. The van der Waals surface area contributed by atoms with Gasteiger partial charge < -0.3 is 0 Å². The molecule has 1 aromatic heterocycles. The van der Waals surface area contributed by atoms with Crippen LogP contribution in [0.4, 0.5) is 4.39 Å². The monoisotopic (exact) mass is 426 g/mol. The van der Waals surface area contributed by atoms with Gasteiger partial charge in [0, 0.05) is 11.1 Å². The molecule has 0 bridgehead atoms. The van der Waals surface area contributed by atoms with E-state index in [1.54, 1.807) is 54.6 Å².